The van der Waals surface area contributed by atoms with Crippen LogP contribution in [0.15, 0.2) is 30.3 Å². The molecule has 1 aromatic carbocycles. The molecule has 1 saturated heterocycles. The predicted molar refractivity (Wildman–Crippen MR) is 65.4 cm³/mol. The Bertz CT molecular complexity index is 321. The zero-order chi connectivity index (χ0) is 12.0. The molecule has 0 amide bonds. The number of hydrogen-bond acceptors (Lipinski definition) is 4. The molecule has 1 aromatic rings. The number of rotatable bonds is 4. The topological polar surface area (TPSA) is 39.7 Å². The smallest absolute Gasteiger partial charge is 0.137 e. The Morgan fingerprint density at radius 1 is 1.35 bits per heavy atom. The van der Waals surface area contributed by atoms with Gasteiger partial charge in [0.2, 0.25) is 0 Å². The quantitative estimate of drug-likeness (QED) is 0.850. The molecule has 4 nitrogen and oxygen atoms in total. The summed E-state index contributed by atoms with van der Waals surface area (Å²) in [6.45, 7) is 3.37. The van der Waals surface area contributed by atoms with Gasteiger partial charge >= 0.3 is 0 Å². The van der Waals surface area contributed by atoms with E-state index in [4.69, 9.17) is 14.2 Å². The normalized spacial score (nSPS) is 25.2. The van der Waals surface area contributed by atoms with E-state index in [1.165, 1.54) is 0 Å². The minimum Gasteiger partial charge on any atom is -0.490 e. The van der Waals surface area contributed by atoms with E-state index < -0.39 is 5.60 Å². The first kappa shape index (κ1) is 12.4. The summed E-state index contributed by atoms with van der Waals surface area (Å²) in [6, 6.07) is 9.76. The van der Waals surface area contributed by atoms with Crippen LogP contribution in [0.2, 0.25) is 0 Å². The lowest BCUT2D eigenvalue weighted by atomic mass is 10.1. The number of ether oxygens (including phenoxy) is 3. The zero-order valence-corrected chi connectivity index (χ0v) is 10.1. The molecule has 4 heteroatoms. The molecule has 1 aliphatic heterocycles. The highest BCUT2D eigenvalue weighted by Gasteiger charge is 2.32. The van der Waals surface area contributed by atoms with E-state index in [2.05, 4.69) is 5.32 Å². The van der Waals surface area contributed by atoms with Crippen molar-refractivity contribution < 1.29 is 14.2 Å². The molecular formula is C13H19NO3. The van der Waals surface area contributed by atoms with Crippen molar-refractivity contribution in [3.63, 3.8) is 0 Å². The number of hydrogen-bond donors (Lipinski definition) is 1. The van der Waals surface area contributed by atoms with E-state index in [1.54, 1.807) is 7.11 Å². The summed E-state index contributed by atoms with van der Waals surface area (Å²) in [5.41, 5.74) is -0.396. The number of methoxy groups -OCH3 is 1. The molecule has 1 fully saturated rings. The Morgan fingerprint density at radius 3 is 2.94 bits per heavy atom. The van der Waals surface area contributed by atoms with Crippen LogP contribution in [-0.2, 0) is 9.47 Å². The molecule has 0 spiro atoms. The van der Waals surface area contributed by atoms with E-state index in [0.29, 0.717) is 13.2 Å². The molecule has 2 rings (SSSR count). The second-order valence-electron chi connectivity index (χ2n) is 4.22. The molecule has 0 unspecified atom stereocenters. The average molecular weight is 237 g/mol. The fourth-order valence-electron chi connectivity index (χ4n) is 1.78. The summed E-state index contributed by atoms with van der Waals surface area (Å²) in [6.07, 6.45) is 0. The van der Waals surface area contributed by atoms with Gasteiger partial charge in [0.25, 0.3) is 0 Å². The maximum atomic E-state index is 5.75. The van der Waals surface area contributed by atoms with Gasteiger partial charge in [0.05, 0.1) is 13.2 Å². The molecule has 0 aromatic heterocycles. The van der Waals surface area contributed by atoms with Crippen molar-refractivity contribution in [3.05, 3.63) is 30.3 Å². The van der Waals surface area contributed by atoms with Crippen molar-refractivity contribution in [1.29, 1.82) is 0 Å². The van der Waals surface area contributed by atoms with Crippen LogP contribution in [0.5, 0.6) is 5.75 Å². The van der Waals surface area contributed by atoms with Crippen molar-refractivity contribution in [2.45, 2.75) is 5.60 Å². The van der Waals surface area contributed by atoms with Crippen LogP contribution in [0.25, 0.3) is 0 Å². The summed E-state index contributed by atoms with van der Waals surface area (Å²) in [7, 11) is 1.70. The summed E-state index contributed by atoms with van der Waals surface area (Å²) >= 11 is 0. The first-order valence-corrected chi connectivity index (χ1v) is 5.86. The standard InChI is InChI=1S/C13H19NO3/c1-15-13(9-14-7-8-16-10-13)11-17-12-5-3-2-4-6-12/h2-6,14H,7-11H2,1H3/t13-/m0/s1. The van der Waals surface area contributed by atoms with Gasteiger partial charge in [-0.3, -0.25) is 0 Å². The third kappa shape index (κ3) is 3.43. The van der Waals surface area contributed by atoms with E-state index >= 15 is 0 Å². The van der Waals surface area contributed by atoms with Gasteiger partial charge in [-0.25, -0.2) is 0 Å². The molecular weight excluding hydrogens is 218 g/mol. The largest absolute Gasteiger partial charge is 0.490 e. The van der Waals surface area contributed by atoms with Gasteiger partial charge in [-0.15, -0.1) is 0 Å². The maximum absolute atomic E-state index is 5.75. The number of nitrogens with one attached hydrogen (secondary N) is 1. The van der Waals surface area contributed by atoms with Crippen molar-refractivity contribution in [3.8, 4) is 5.75 Å². The molecule has 0 saturated carbocycles. The third-order valence-corrected chi connectivity index (χ3v) is 2.91. The van der Waals surface area contributed by atoms with E-state index in [9.17, 15) is 0 Å². The average Bonchev–Trinajstić information content (AvgIpc) is 2.64. The summed E-state index contributed by atoms with van der Waals surface area (Å²) < 4.78 is 16.8. The van der Waals surface area contributed by atoms with Gasteiger partial charge in [0, 0.05) is 20.2 Å². The van der Waals surface area contributed by atoms with Gasteiger partial charge < -0.3 is 19.5 Å². The lowest BCUT2D eigenvalue weighted by Crippen LogP contribution is -2.49. The first-order valence-electron chi connectivity index (χ1n) is 5.86. The number of para-hydroxylation sites is 1. The maximum Gasteiger partial charge on any atom is 0.137 e. The van der Waals surface area contributed by atoms with Gasteiger partial charge in [-0.05, 0) is 12.1 Å². The van der Waals surface area contributed by atoms with Crippen LogP contribution >= 0.6 is 0 Å². The van der Waals surface area contributed by atoms with Gasteiger partial charge in [0.15, 0.2) is 0 Å². The summed E-state index contributed by atoms with van der Waals surface area (Å²) in [5.74, 6) is 0.855. The van der Waals surface area contributed by atoms with Crippen molar-refractivity contribution in [2.24, 2.45) is 0 Å². The highest BCUT2D eigenvalue weighted by molar-refractivity contribution is 5.21. The molecule has 94 valence electrons. The molecule has 1 atom stereocenters. The molecule has 0 aliphatic carbocycles. The predicted octanol–water partition coefficient (Wildman–Crippen LogP) is 1.07. The Kier molecular flexibility index (Phi) is 4.36. The van der Waals surface area contributed by atoms with E-state index in [1.807, 2.05) is 30.3 Å². The highest BCUT2D eigenvalue weighted by Crippen LogP contribution is 2.16. The van der Waals surface area contributed by atoms with Crippen molar-refractivity contribution >= 4 is 0 Å². The molecule has 1 N–H and O–H groups in total. The molecule has 0 radical (unpaired) electrons. The Balaban J connectivity index is 1.94. The molecule has 0 bridgehead atoms. The Hall–Kier alpha value is -1.10. The van der Waals surface area contributed by atoms with Gasteiger partial charge in [-0.2, -0.15) is 0 Å². The number of benzene rings is 1. The van der Waals surface area contributed by atoms with Crippen LogP contribution in [0.3, 0.4) is 0 Å². The minimum atomic E-state index is -0.396. The van der Waals surface area contributed by atoms with Gasteiger partial charge in [0.1, 0.15) is 18.0 Å². The fraction of sp³-hybridized carbons (Fsp3) is 0.538. The third-order valence-electron chi connectivity index (χ3n) is 2.91. The minimum absolute atomic E-state index is 0.396. The second-order valence-corrected chi connectivity index (χ2v) is 4.22. The van der Waals surface area contributed by atoms with Crippen LogP contribution in [-0.4, -0.2) is 45.6 Å². The fourth-order valence-corrected chi connectivity index (χ4v) is 1.78. The van der Waals surface area contributed by atoms with Crippen LogP contribution in [0.1, 0.15) is 0 Å². The van der Waals surface area contributed by atoms with Gasteiger partial charge in [-0.1, -0.05) is 18.2 Å². The Morgan fingerprint density at radius 2 is 2.18 bits per heavy atom. The zero-order valence-electron chi connectivity index (χ0n) is 10.1. The Labute approximate surface area is 102 Å². The highest BCUT2D eigenvalue weighted by atomic mass is 16.6. The van der Waals surface area contributed by atoms with Crippen LogP contribution in [0.4, 0.5) is 0 Å². The lowest BCUT2D eigenvalue weighted by molar-refractivity contribution is -0.0834. The van der Waals surface area contributed by atoms with Crippen LogP contribution < -0.4 is 10.1 Å². The van der Waals surface area contributed by atoms with Crippen molar-refractivity contribution in [1.82, 2.24) is 5.32 Å². The van der Waals surface area contributed by atoms with Crippen molar-refractivity contribution in [2.75, 3.05) is 40.0 Å². The van der Waals surface area contributed by atoms with E-state index in [-0.39, 0.29) is 0 Å². The molecule has 1 heterocycles. The van der Waals surface area contributed by atoms with E-state index in [0.717, 1.165) is 25.4 Å². The summed E-state index contributed by atoms with van der Waals surface area (Å²) in [4.78, 5) is 0. The summed E-state index contributed by atoms with van der Waals surface area (Å²) in [5, 5.41) is 3.30. The monoisotopic (exact) mass is 237 g/mol. The second kappa shape index (κ2) is 6.00. The molecule has 1 aliphatic rings. The lowest BCUT2D eigenvalue weighted by Gasteiger charge is -2.30. The SMILES string of the molecule is CO[C@@]1(COc2ccccc2)CNCCOC1. The molecule has 17 heavy (non-hydrogen) atoms. The first-order chi connectivity index (χ1) is 8.35. The van der Waals surface area contributed by atoms with Crippen LogP contribution in [0, 0.1) is 0 Å².